The van der Waals surface area contributed by atoms with Crippen LogP contribution >= 0.6 is 11.3 Å². The topological polar surface area (TPSA) is 71.5 Å². The Morgan fingerprint density at radius 1 is 1.23 bits per heavy atom. The average Bonchev–Trinajstić information content (AvgIpc) is 3.39. The van der Waals surface area contributed by atoms with Crippen LogP contribution in [-0.2, 0) is 22.4 Å². The first kappa shape index (κ1) is 20.1. The molecule has 4 rings (SSSR count). The summed E-state index contributed by atoms with van der Waals surface area (Å²) in [5.41, 5.74) is 4.97. The number of nitrogens with one attached hydrogen (secondary N) is 1. The molecule has 6 nitrogen and oxygen atoms in total. The van der Waals surface area contributed by atoms with Crippen molar-refractivity contribution in [3.8, 4) is 17.0 Å². The van der Waals surface area contributed by atoms with Crippen LogP contribution in [-0.4, -0.2) is 29.9 Å². The minimum atomic E-state index is -0.255. The van der Waals surface area contributed by atoms with Crippen LogP contribution in [0.5, 0.6) is 5.75 Å². The molecule has 0 atom stereocenters. The van der Waals surface area contributed by atoms with Gasteiger partial charge in [-0.1, -0.05) is 31.2 Å². The second-order valence-electron chi connectivity index (χ2n) is 7.14. The van der Waals surface area contributed by atoms with Gasteiger partial charge in [-0.05, 0) is 42.2 Å². The first-order chi connectivity index (χ1) is 14.5. The van der Waals surface area contributed by atoms with Crippen LogP contribution in [0.3, 0.4) is 0 Å². The number of benzene rings is 2. The summed E-state index contributed by atoms with van der Waals surface area (Å²) in [7, 11) is 0. The molecule has 0 saturated heterocycles. The maximum Gasteiger partial charge on any atom is 0.264 e. The number of carbonyl (C=O) groups is 2. The molecule has 0 saturated carbocycles. The third-order valence-corrected chi connectivity index (χ3v) is 5.84. The Balaban J connectivity index is 1.40. The fraction of sp³-hybridized carbons (Fsp3) is 0.261. The van der Waals surface area contributed by atoms with Gasteiger partial charge in [0.1, 0.15) is 5.75 Å². The van der Waals surface area contributed by atoms with E-state index >= 15 is 0 Å². The molecule has 0 fully saturated rings. The van der Waals surface area contributed by atoms with Crippen LogP contribution in [0, 0.1) is 0 Å². The Hall–Kier alpha value is -3.19. The number of fused-ring (bicyclic) bond motifs is 1. The van der Waals surface area contributed by atoms with Crippen molar-refractivity contribution >= 4 is 34.0 Å². The van der Waals surface area contributed by atoms with E-state index in [-0.39, 0.29) is 18.4 Å². The van der Waals surface area contributed by atoms with Gasteiger partial charge >= 0.3 is 0 Å². The SMILES string of the molecule is CCc1cccc(OCC(=O)Nc2nc(-c3ccc4c(c3)N(C(C)=O)CC4)cs2)c1. The normalized spacial score (nSPS) is 12.5. The van der Waals surface area contributed by atoms with Crippen LogP contribution in [0.25, 0.3) is 11.3 Å². The zero-order chi connectivity index (χ0) is 21.1. The number of hydrogen-bond donors (Lipinski definition) is 1. The minimum Gasteiger partial charge on any atom is -0.484 e. The van der Waals surface area contributed by atoms with Crippen LogP contribution in [0.1, 0.15) is 25.0 Å². The molecule has 0 spiro atoms. The summed E-state index contributed by atoms with van der Waals surface area (Å²) >= 11 is 1.36. The molecule has 0 aliphatic carbocycles. The molecule has 3 aromatic rings. The van der Waals surface area contributed by atoms with E-state index in [0.29, 0.717) is 17.4 Å². The van der Waals surface area contributed by atoms with Gasteiger partial charge in [0.25, 0.3) is 5.91 Å². The highest BCUT2D eigenvalue weighted by Crippen LogP contribution is 2.34. The molecule has 0 bridgehead atoms. The predicted molar refractivity (Wildman–Crippen MR) is 119 cm³/mol. The number of carbonyl (C=O) groups excluding carboxylic acids is 2. The van der Waals surface area contributed by atoms with Gasteiger partial charge in [-0.3, -0.25) is 14.9 Å². The number of anilines is 2. The molecule has 30 heavy (non-hydrogen) atoms. The third kappa shape index (κ3) is 4.36. The van der Waals surface area contributed by atoms with Gasteiger partial charge in [0.2, 0.25) is 5.91 Å². The Morgan fingerprint density at radius 3 is 2.90 bits per heavy atom. The van der Waals surface area contributed by atoms with Crippen molar-refractivity contribution in [2.75, 3.05) is 23.4 Å². The van der Waals surface area contributed by atoms with Gasteiger partial charge in [-0.2, -0.15) is 0 Å². The molecule has 2 aromatic carbocycles. The fourth-order valence-corrected chi connectivity index (χ4v) is 4.22. The van der Waals surface area contributed by atoms with E-state index in [1.165, 1.54) is 16.9 Å². The van der Waals surface area contributed by atoms with Gasteiger partial charge in [0.05, 0.1) is 5.69 Å². The summed E-state index contributed by atoms with van der Waals surface area (Å²) < 4.78 is 5.59. The van der Waals surface area contributed by atoms with Gasteiger partial charge < -0.3 is 9.64 Å². The van der Waals surface area contributed by atoms with Crippen LogP contribution < -0.4 is 15.0 Å². The number of nitrogens with zero attached hydrogens (tertiary/aromatic N) is 2. The van der Waals surface area contributed by atoms with Crippen LogP contribution in [0.4, 0.5) is 10.8 Å². The van der Waals surface area contributed by atoms with Crippen molar-refractivity contribution in [2.45, 2.75) is 26.7 Å². The molecule has 1 aromatic heterocycles. The summed E-state index contributed by atoms with van der Waals surface area (Å²) in [5, 5.41) is 5.21. The number of ether oxygens (including phenoxy) is 1. The second-order valence-corrected chi connectivity index (χ2v) is 8.00. The second kappa shape index (κ2) is 8.67. The molecule has 1 N–H and O–H groups in total. The van der Waals surface area contributed by atoms with Crippen molar-refractivity contribution < 1.29 is 14.3 Å². The minimum absolute atomic E-state index is 0.0432. The lowest BCUT2D eigenvalue weighted by Gasteiger charge is -2.15. The smallest absolute Gasteiger partial charge is 0.264 e. The molecular formula is C23H23N3O3S. The van der Waals surface area contributed by atoms with Crippen LogP contribution in [0.15, 0.2) is 47.8 Å². The van der Waals surface area contributed by atoms with E-state index in [1.807, 2.05) is 47.8 Å². The highest BCUT2D eigenvalue weighted by Gasteiger charge is 2.22. The van der Waals surface area contributed by atoms with Crippen molar-refractivity contribution in [3.63, 3.8) is 0 Å². The van der Waals surface area contributed by atoms with E-state index in [1.54, 1.807) is 11.8 Å². The van der Waals surface area contributed by atoms with Crippen molar-refractivity contribution in [1.82, 2.24) is 4.98 Å². The highest BCUT2D eigenvalue weighted by molar-refractivity contribution is 7.14. The number of thiazole rings is 1. The largest absolute Gasteiger partial charge is 0.484 e. The van der Waals surface area contributed by atoms with Gasteiger partial charge in [-0.25, -0.2) is 4.98 Å². The summed E-state index contributed by atoms with van der Waals surface area (Å²) in [6.45, 7) is 4.30. The summed E-state index contributed by atoms with van der Waals surface area (Å²) in [4.78, 5) is 30.4. The van der Waals surface area contributed by atoms with E-state index < -0.39 is 0 Å². The first-order valence-electron chi connectivity index (χ1n) is 9.92. The van der Waals surface area contributed by atoms with Crippen molar-refractivity contribution in [2.24, 2.45) is 0 Å². The molecule has 0 unspecified atom stereocenters. The predicted octanol–water partition coefficient (Wildman–Crippen LogP) is 4.30. The van der Waals surface area contributed by atoms with Gasteiger partial charge in [0.15, 0.2) is 11.7 Å². The number of amides is 2. The zero-order valence-electron chi connectivity index (χ0n) is 17.0. The molecule has 154 valence electrons. The molecule has 2 heterocycles. The maximum absolute atomic E-state index is 12.2. The Labute approximate surface area is 179 Å². The maximum atomic E-state index is 12.2. The van der Waals surface area contributed by atoms with E-state index in [4.69, 9.17) is 4.74 Å². The number of rotatable bonds is 6. The molecule has 7 heteroatoms. The molecule has 1 aliphatic rings. The summed E-state index contributed by atoms with van der Waals surface area (Å²) in [6.07, 6.45) is 1.78. The van der Waals surface area contributed by atoms with E-state index in [9.17, 15) is 9.59 Å². The zero-order valence-corrected chi connectivity index (χ0v) is 17.8. The summed E-state index contributed by atoms with van der Waals surface area (Å²) in [6, 6.07) is 13.8. The molecular weight excluding hydrogens is 398 g/mol. The monoisotopic (exact) mass is 421 g/mol. The highest BCUT2D eigenvalue weighted by atomic mass is 32.1. The first-order valence-corrected chi connectivity index (χ1v) is 10.8. The standard InChI is InChI=1S/C23H23N3O3S/c1-3-16-5-4-6-19(11-16)29-13-22(28)25-23-24-20(14-30-23)18-8-7-17-9-10-26(15(2)27)21(17)12-18/h4-8,11-12,14H,3,9-10,13H2,1-2H3,(H,24,25,28). The summed E-state index contributed by atoms with van der Waals surface area (Å²) in [5.74, 6) is 0.466. The van der Waals surface area contributed by atoms with Crippen LogP contribution in [0.2, 0.25) is 0 Å². The Bertz CT molecular complexity index is 1090. The van der Waals surface area contributed by atoms with E-state index in [2.05, 4.69) is 17.2 Å². The molecule has 1 aliphatic heterocycles. The fourth-order valence-electron chi connectivity index (χ4n) is 3.49. The quantitative estimate of drug-likeness (QED) is 0.644. The van der Waals surface area contributed by atoms with Gasteiger partial charge in [0, 0.05) is 30.1 Å². The average molecular weight is 422 g/mol. The lowest BCUT2D eigenvalue weighted by Crippen LogP contribution is -2.25. The molecule has 0 radical (unpaired) electrons. The number of aromatic nitrogens is 1. The lowest BCUT2D eigenvalue weighted by molar-refractivity contribution is -0.118. The van der Waals surface area contributed by atoms with Gasteiger partial charge in [-0.15, -0.1) is 11.3 Å². The van der Waals surface area contributed by atoms with Crippen molar-refractivity contribution in [3.05, 3.63) is 59.0 Å². The third-order valence-electron chi connectivity index (χ3n) is 5.08. The number of aryl methyl sites for hydroxylation is 1. The number of hydrogen-bond acceptors (Lipinski definition) is 5. The Morgan fingerprint density at radius 2 is 2.10 bits per heavy atom. The van der Waals surface area contributed by atoms with E-state index in [0.717, 1.165) is 35.3 Å². The van der Waals surface area contributed by atoms with Crippen molar-refractivity contribution in [1.29, 1.82) is 0 Å². The Kier molecular flexibility index (Phi) is 5.81. The molecule has 2 amide bonds. The lowest BCUT2D eigenvalue weighted by atomic mass is 10.1.